The lowest BCUT2D eigenvalue weighted by Gasteiger charge is -2.26. The molecule has 2 rings (SSSR count). The molecule has 0 saturated heterocycles. The van der Waals surface area contributed by atoms with E-state index in [-0.39, 0.29) is 11.7 Å². The van der Waals surface area contributed by atoms with Crippen LogP contribution < -0.4 is 5.73 Å². The first-order valence-electron chi connectivity index (χ1n) is 7.28. The lowest BCUT2D eigenvalue weighted by molar-refractivity contribution is -0.134. The van der Waals surface area contributed by atoms with Crippen LogP contribution in [0.15, 0.2) is 24.3 Å². The topological polar surface area (TPSA) is 46.3 Å². The molecule has 1 amide bonds. The summed E-state index contributed by atoms with van der Waals surface area (Å²) in [7, 11) is 0. The molecular formula is C16H23FN2O. The van der Waals surface area contributed by atoms with Gasteiger partial charge in [0.15, 0.2) is 0 Å². The van der Waals surface area contributed by atoms with Gasteiger partial charge in [0.25, 0.3) is 0 Å². The zero-order valence-corrected chi connectivity index (χ0v) is 12.2. The van der Waals surface area contributed by atoms with Crippen LogP contribution in [0.25, 0.3) is 0 Å². The molecule has 1 atom stereocenters. The van der Waals surface area contributed by atoms with Crippen molar-refractivity contribution in [1.29, 1.82) is 0 Å². The molecule has 1 unspecified atom stereocenters. The largest absolute Gasteiger partial charge is 0.334 e. The Labute approximate surface area is 120 Å². The summed E-state index contributed by atoms with van der Waals surface area (Å²) in [6.45, 7) is 4.65. The van der Waals surface area contributed by atoms with Gasteiger partial charge in [-0.1, -0.05) is 26.0 Å². The number of amides is 1. The van der Waals surface area contributed by atoms with Crippen LogP contribution in [0.3, 0.4) is 0 Å². The number of halogens is 1. The van der Waals surface area contributed by atoms with Gasteiger partial charge < -0.3 is 10.6 Å². The molecule has 1 aromatic carbocycles. The number of hydrogen-bond donors (Lipinski definition) is 1. The molecule has 1 fully saturated rings. The Morgan fingerprint density at radius 2 is 1.95 bits per heavy atom. The number of rotatable bonds is 6. The predicted molar refractivity (Wildman–Crippen MR) is 77.4 cm³/mol. The predicted octanol–water partition coefficient (Wildman–Crippen LogP) is 2.69. The van der Waals surface area contributed by atoms with Crippen molar-refractivity contribution in [2.75, 3.05) is 0 Å². The second-order valence-electron chi connectivity index (χ2n) is 6.06. The van der Waals surface area contributed by atoms with Gasteiger partial charge in [0.05, 0.1) is 6.04 Å². The first-order chi connectivity index (χ1) is 9.47. The summed E-state index contributed by atoms with van der Waals surface area (Å²) in [4.78, 5) is 14.3. The van der Waals surface area contributed by atoms with Crippen LogP contribution >= 0.6 is 0 Å². The van der Waals surface area contributed by atoms with E-state index in [0.717, 1.165) is 18.4 Å². The van der Waals surface area contributed by atoms with Crippen LogP contribution in [0.5, 0.6) is 0 Å². The Morgan fingerprint density at radius 1 is 1.35 bits per heavy atom. The Hall–Kier alpha value is -1.42. The van der Waals surface area contributed by atoms with Gasteiger partial charge in [-0.25, -0.2) is 4.39 Å². The van der Waals surface area contributed by atoms with Crippen molar-refractivity contribution in [3.8, 4) is 0 Å². The summed E-state index contributed by atoms with van der Waals surface area (Å²) in [6, 6.07) is 6.19. The van der Waals surface area contributed by atoms with Crippen molar-refractivity contribution < 1.29 is 9.18 Å². The minimum atomic E-state index is -0.434. The van der Waals surface area contributed by atoms with Crippen molar-refractivity contribution >= 4 is 5.91 Å². The van der Waals surface area contributed by atoms with Crippen LogP contribution in [0.2, 0.25) is 0 Å². The second kappa shape index (κ2) is 6.35. The molecule has 1 aliphatic carbocycles. The summed E-state index contributed by atoms with van der Waals surface area (Å²) < 4.78 is 12.9. The minimum absolute atomic E-state index is 0.0190. The van der Waals surface area contributed by atoms with E-state index in [4.69, 9.17) is 5.73 Å². The Balaban J connectivity index is 2.03. The second-order valence-corrected chi connectivity index (χ2v) is 6.06. The number of hydrogen-bond acceptors (Lipinski definition) is 2. The Bertz CT molecular complexity index is 454. The number of nitrogens with zero attached hydrogens (tertiary/aromatic N) is 1. The molecule has 3 nitrogen and oxygen atoms in total. The summed E-state index contributed by atoms with van der Waals surface area (Å²) in [5, 5.41) is 0. The molecule has 1 saturated carbocycles. The van der Waals surface area contributed by atoms with Crippen LogP contribution in [0.1, 0.15) is 38.7 Å². The van der Waals surface area contributed by atoms with Gasteiger partial charge in [-0.2, -0.15) is 0 Å². The van der Waals surface area contributed by atoms with Crippen molar-refractivity contribution in [1.82, 2.24) is 4.90 Å². The molecule has 4 heteroatoms. The van der Waals surface area contributed by atoms with Gasteiger partial charge >= 0.3 is 0 Å². The Morgan fingerprint density at radius 3 is 2.45 bits per heavy atom. The molecule has 0 aliphatic heterocycles. The molecule has 0 heterocycles. The third-order valence-corrected chi connectivity index (χ3v) is 3.58. The summed E-state index contributed by atoms with van der Waals surface area (Å²) in [5.74, 6) is 0.168. The summed E-state index contributed by atoms with van der Waals surface area (Å²) >= 11 is 0. The molecule has 0 bridgehead atoms. The van der Waals surface area contributed by atoms with Crippen molar-refractivity contribution in [3.05, 3.63) is 35.6 Å². The molecule has 110 valence electrons. The van der Waals surface area contributed by atoms with E-state index in [2.05, 4.69) is 13.8 Å². The standard InChI is InChI=1S/C16H23FN2O/c1-11(2)9-15(18)16(20)19(14-7-8-14)10-12-3-5-13(17)6-4-12/h3-6,11,14-15H,7-10,18H2,1-2H3. The van der Waals surface area contributed by atoms with E-state index in [9.17, 15) is 9.18 Å². The first kappa shape index (κ1) is 15.0. The van der Waals surface area contributed by atoms with Crippen LogP contribution in [0, 0.1) is 11.7 Å². The average molecular weight is 278 g/mol. The van der Waals surface area contributed by atoms with Gasteiger partial charge in [-0.3, -0.25) is 4.79 Å². The quantitative estimate of drug-likeness (QED) is 0.869. The molecule has 1 aromatic rings. The van der Waals surface area contributed by atoms with E-state index in [1.165, 1.54) is 12.1 Å². The maximum absolute atomic E-state index is 12.9. The average Bonchev–Trinajstić information content (AvgIpc) is 3.21. The van der Waals surface area contributed by atoms with E-state index in [1.54, 1.807) is 12.1 Å². The molecule has 0 spiro atoms. The first-order valence-corrected chi connectivity index (χ1v) is 7.28. The number of carbonyl (C=O) groups excluding carboxylic acids is 1. The molecule has 2 N–H and O–H groups in total. The highest BCUT2D eigenvalue weighted by atomic mass is 19.1. The zero-order valence-electron chi connectivity index (χ0n) is 12.2. The lowest BCUT2D eigenvalue weighted by atomic mass is 10.0. The third-order valence-electron chi connectivity index (χ3n) is 3.58. The fraction of sp³-hybridized carbons (Fsp3) is 0.562. The molecule has 0 radical (unpaired) electrons. The minimum Gasteiger partial charge on any atom is -0.334 e. The zero-order chi connectivity index (χ0) is 14.7. The monoisotopic (exact) mass is 278 g/mol. The van der Waals surface area contributed by atoms with Crippen LogP contribution in [-0.2, 0) is 11.3 Å². The number of benzene rings is 1. The highest BCUT2D eigenvalue weighted by Crippen LogP contribution is 2.29. The number of carbonyl (C=O) groups is 1. The normalized spacial score (nSPS) is 16.2. The summed E-state index contributed by atoms with van der Waals surface area (Å²) in [5.41, 5.74) is 6.96. The van der Waals surface area contributed by atoms with E-state index >= 15 is 0 Å². The van der Waals surface area contributed by atoms with Crippen molar-refractivity contribution in [2.24, 2.45) is 11.7 Å². The smallest absolute Gasteiger partial charge is 0.240 e. The maximum atomic E-state index is 12.9. The molecule has 0 aromatic heterocycles. The van der Waals surface area contributed by atoms with Crippen molar-refractivity contribution in [3.63, 3.8) is 0 Å². The number of nitrogens with two attached hydrogens (primary N) is 1. The Kier molecular flexibility index (Phi) is 4.76. The van der Waals surface area contributed by atoms with Crippen LogP contribution in [-0.4, -0.2) is 22.9 Å². The fourth-order valence-electron chi connectivity index (χ4n) is 2.38. The van der Waals surface area contributed by atoms with Crippen molar-refractivity contribution in [2.45, 2.75) is 51.7 Å². The summed E-state index contributed by atoms with van der Waals surface area (Å²) in [6.07, 6.45) is 2.79. The van der Waals surface area contributed by atoms with E-state index in [0.29, 0.717) is 24.9 Å². The lowest BCUT2D eigenvalue weighted by Crippen LogP contribution is -2.45. The highest BCUT2D eigenvalue weighted by molar-refractivity contribution is 5.82. The molecular weight excluding hydrogens is 255 g/mol. The van der Waals surface area contributed by atoms with Gasteiger partial charge in [0.1, 0.15) is 5.82 Å². The van der Waals surface area contributed by atoms with Gasteiger partial charge in [-0.15, -0.1) is 0 Å². The van der Waals surface area contributed by atoms with Crippen LogP contribution in [0.4, 0.5) is 4.39 Å². The SMILES string of the molecule is CC(C)CC(N)C(=O)N(Cc1ccc(F)cc1)C1CC1. The maximum Gasteiger partial charge on any atom is 0.240 e. The molecule has 1 aliphatic rings. The van der Waals surface area contributed by atoms with E-state index in [1.807, 2.05) is 4.90 Å². The van der Waals surface area contributed by atoms with E-state index < -0.39 is 6.04 Å². The van der Waals surface area contributed by atoms with Gasteiger partial charge in [0, 0.05) is 12.6 Å². The van der Waals surface area contributed by atoms with Gasteiger partial charge in [-0.05, 0) is 42.9 Å². The van der Waals surface area contributed by atoms with Gasteiger partial charge in [0.2, 0.25) is 5.91 Å². The molecule has 20 heavy (non-hydrogen) atoms. The fourth-order valence-corrected chi connectivity index (χ4v) is 2.38. The third kappa shape index (κ3) is 4.04. The highest BCUT2D eigenvalue weighted by Gasteiger charge is 2.34.